The van der Waals surface area contributed by atoms with Crippen molar-refractivity contribution in [1.82, 2.24) is 0 Å². The summed E-state index contributed by atoms with van der Waals surface area (Å²) in [5.74, 6) is 0.838. The molecule has 0 aliphatic carbocycles. The van der Waals surface area contributed by atoms with Gasteiger partial charge in [0.1, 0.15) is 5.75 Å². The summed E-state index contributed by atoms with van der Waals surface area (Å²) in [4.78, 5) is 12.1. The molecule has 3 heteroatoms. The van der Waals surface area contributed by atoms with E-state index >= 15 is 0 Å². The quantitative estimate of drug-likeness (QED) is 0.771. The monoisotopic (exact) mass is 235 g/mol. The van der Waals surface area contributed by atoms with Crippen molar-refractivity contribution in [3.63, 3.8) is 0 Å². The number of hydrogen-bond donors (Lipinski definition) is 1. The molecule has 0 aliphatic rings. The zero-order valence-electron chi connectivity index (χ0n) is 10.8. The van der Waals surface area contributed by atoms with E-state index < -0.39 is 0 Å². The molecule has 0 fully saturated rings. The van der Waals surface area contributed by atoms with Crippen molar-refractivity contribution >= 4 is 5.78 Å². The molecule has 1 unspecified atom stereocenters. The van der Waals surface area contributed by atoms with Crippen molar-refractivity contribution in [2.24, 2.45) is 11.7 Å². The van der Waals surface area contributed by atoms with Gasteiger partial charge in [-0.05, 0) is 38.9 Å². The number of hydrogen-bond acceptors (Lipinski definition) is 3. The maximum Gasteiger partial charge on any atom is 0.165 e. The molecule has 1 atom stereocenters. The van der Waals surface area contributed by atoms with Crippen molar-refractivity contribution in [2.75, 3.05) is 6.54 Å². The molecule has 1 aromatic rings. The Labute approximate surface area is 103 Å². The van der Waals surface area contributed by atoms with Crippen LogP contribution in [0.25, 0.3) is 0 Å². The van der Waals surface area contributed by atoms with Crippen LogP contribution in [0, 0.1) is 5.92 Å². The van der Waals surface area contributed by atoms with Gasteiger partial charge in [-0.15, -0.1) is 0 Å². The van der Waals surface area contributed by atoms with Gasteiger partial charge in [0.05, 0.1) is 6.10 Å². The predicted octanol–water partition coefficient (Wildman–Crippen LogP) is 2.64. The second-order valence-corrected chi connectivity index (χ2v) is 4.54. The van der Waals surface area contributed by atoms with E-state index in [1.807, 2.05) is 39.0 Å². The van der Waals surface area contributed by atoms with Crippen LogP contribution in [0.3, 0.4) is 0 Å². The van der Waals surface area contributed by atoms with E-state index in [2.05, 4.69) is 0 Å². The fourth-order valence-electron chi connectivity index (χ4n) is 1.66. The summed E-state index contributed by atoms with van der Waals surface area (Å²) in [6.07, 6.45) is 0.829. The topological polar surface area (TPSA) is 52.3 Å². The van der Waals surface area contributed by atoms with Gasteiger partial charge in [0, 0.05) is 11.5 Å². The minimum Gasteiger partial charge on any atom is -0.491 e. The smallest absolute Gasteiger partial charge is 0.165 e. The molecule has 2 N–H and O–H groups in total. The van der Waals surface area contributed by atoms with Crippen LogP contribution < -0.4 is 10.5 Å². The zero-order chi connectivity index (χ0) is 12.8. The van der Waals surface area contributed by atoms with Gasteiger partial charge < -0.3 is 10.5 Å². The first kappa shape index (κ1) is 13.7. The number of carbonyl (C=O) groups excluding carboxylic acids is 1. The molecule has 0 heterocycles. The lowest BCUT2D eigenvalue weighted by Gasteiger charge is -2.12. The molecule has 0 saturated carbocycles. The summed E-state index contributed by atoms with van der Waals surface area (Å²) in [6.45, 7) is 6.37. The fraction of sp³-hybridized carbons (Fsp3) is 0.500. The second-order valence-electron chi connectivity index (χ2n) is 4.54. The van der Waals surface area contributed by atoms with Gasteiger partial charge in [0.2, 0.25) is 0 Å². The number of ketones is 1. The van der Waals surface area contributed by atoms with E-state index in [1.54, 1.807) is 6.07 Å². The Hall–Kier alpha value is -1.35. The summed E-state index contributed by atoms with van der Waals surface area (Å²) in [5.41, 5.74) is 6.16. The second kappa shape index (κ2) is 6.40. The van der Waals surface area contributed by atoms with Gasteiger partial charge in [-0.2, -0.15) is 0 Å². The molecular weight excluding hydrogens is 214 g/mol. The molecule has 94 valence electrons. The standard InChI is InChI=1S/C14H21NO2/c1-10(2)17-13-6-4-5-12(9-13)14(16)11(3)7-8-15/h4-6,9-11H,7-8,15H2,1-3H3. The van der Waals surface area contributed by atoms with Crippen LogP contribution in [0.2, 0.25) is 0 Å². The van der Waals surface area contributed by atoms with Crippen LogP contribution in [0.1, 0.15) is 37.6 Å². The fourth-order valence-corrected chi connectivity index (χ4v) is 1.66. The Morgan fingerprint density at radius 2 is 2.06 bits per heavy atom. The highest BCUT2D eigenvalue weighted by Crippen LogP contribution is 2.18. The average molecular weight is 235 g/mol. The molecule has 3 nitrogen and oxygen atoms in total. The van der Waals surface area contributed by atoms with E-state index in [9.17, 15) is 4.79 Å². The zero-order valence-corrected chi connectivity index (χ0v) is 10.8. The molecule has 0 spiro atoms. The third kappa shape index (κ3) is 4.19. The van der Waals surface area contributed by atoms with Crippen LogP contribution in [0.4, 0.5) is 0 Å². The lowest BCUT2D eigenvalue weighted by Crippen LogP contribution is -2.16. The maximum absolute atomic E-state index is 12.1. The van der Waals surface area contributed by atoms with Gasteiger partial charge in [-0.25, -0.2) is 0 Å². The lowest BCUT2D eigenvalue weighted by atomic mass is 9.96. The average Bonchev–Trinajstić information content (AvgIpc) is 2.28. The highest BCUT2D eigenvalue weighted by Gasteiger charge is 2.14. The molecular formula is C14H21NO2. The molecule has 1 rings (SSSR count). The van der Waals surface area contributed by atoms with Crippen molar-refractivity contribution < 1.29 is 9.53 Å². The largest absolute Gasteiger partial charge is 0.491 e. The van der Waals surface area contributed by atoms with Crippen LogP contribution in [-0.2, 0) is 0 Å². The van der Waals surface area contributed by atoms with Crippen molar-refractivity contribution in [2.45, 2.75) is 33.3 Å². The van der Waals surface area contributed by atoms with Crippen molar-refractivity contribution in [3.05, 3.63) is 29.8 Å². The molecule has 0 bridgehead atoms. The van der Waals surface area contributed by atoms with E-state index in [4.69, 9.17) is 10.5 Å². The third-order valence-electron chi connectivity index (χ3n) is 2.54. The number of ether oxygens (including phenoxy) is 1. The molecule has 0 amide bonds. The molecule has 0 saturated heterocycles. The van der Waals surface area contributed by atoms with Crippen LogP contribution in [-0.4, -0.2) is 18.4 Å². The van der Waals surface area contributed by atoms with Gasteiger partial charge in [0.15, 0.2) is 5.78 Å². The summed E-state index contributed by atoms with van der Waals surface area (Å²) in [6, 6.07) is 7.34. The number of Topliss-reactive ketones (excluding diaryl/α,β-unsaturated/α-hetero) is 1. The Morgan fingerprint density at radius 3 is 2.65 bits per heavy atom. The Bertz CT molecular complexity index is 374. The van der Waals surface area contributed by atoms with Crippen LogP contribution in [0.5, 0.6) is 5.75 Å². The van der Waals surface area contributed by atoms with Gasteiger partial charge >= 0.3 is 0 Å². The SMILES string of the molecule is CC(C)Oc1cccc(C(=O)C(C)CCN)c1. The predicted molar refractivity (Wildman–Crippen MR) is 69.4 cm³/mol. The molecule has 0 aliphatic heterocycles. The number of rotatable bonds is 6. The third-order valence-corrected chi connectivity index (χ3v) is 2.54. The van der Waals surface area contributed by atoms with E-state index in [0.717, 1.165) is 5.75 Å². The van der Waals surface area contributed by atoms with E-state index in [-0.39, 0.29) is 17.8 Å². The Morgan fingerprint density at radius 1 is 1.35 bits per heavy atom. The van der Waals surface area contributed by atoms with Gasteiger partial charge in [0.25, 0.3) is 0 Å². The van der Waals surface area contributed by atoms with Crippen LogP contribution >= 0.6 is 0 Å². The first-order valence-electron chi connectivity index (χ1n) is 6.05. The van der Waals surface area contributed by atoms with Gasteiger partial charge in [-0.3, -0.25) is 4.79 Å². The summed E-state index contributed by atoms with van der Waals surface area (Å²) in [7, 11) is 0. The highest BCUT2D eigenvalue weighted by molar-refractivity contribution is 5.97. The minimum absolute atomic E-state index is 0.0331. The molecule has 0 radical (unpaired) electrons. The Balaban J connectivity index is 2.80. The Kier molecular flexibility index (Phi) is 5.16. The molecule has 1 aromatic carbocycles. The number of nitrogens with two attached hydrogens (primary N) is 1. The van der Waals surface area contributed by atoms with Crippen LogP contribution in [0.15, 0.2) is 24.3 Å². The number of benzene rings is 1. The first-order chi connectivity index (χ1) is 8.04. The summed E-state index contributed by atoms with van der Waals surface area (Å²) >= 11 is 0. The summed E-state index contributed by atoms with van der Waals surface area (Å²) in [5, 5.41) is 0. The highest BCUT2D eigenvalue weighted by atomic mass is 16.5. The maximum atomic E-state index is 12.1. The minimum atomic E-state index is -0.0331. The van der Waals surface area contributed by atoms with Crippen molar-refractivity contribution in [3.8, 4) is 5.75 Å². The number of carbonyl (C=O) groups is 1. The van der Waals surface area contributed by atoms with Gasteiger partial charge in [-0.1, -0.05) is 19.1 Å². The molecule has 0 aromatic heterocycles. The van der Waals surface area contributed by atoms with E-state index in [1.165, 1.54) is 0 Å². The molecule has 17 heavy (non-hydrogen) atoms. The summed E-state index contributed by atoms with van der Waals surface area (Å²) < 4.78 is 5.57. The van der Waals surface area contributed by atoms with E-state index in [0.29, 0.717) is 18.5 Å². The normalized spacial score (nSPS) is 12.5. The van der Waals surface area contributed by atoms with Crippen molar-refractivity contribution in [1.29, 1.82) is 0 Å². The first-order valence-corrected chi connectivity index (χ1v) is 6.05. The lowest BCUT2D eigenvalue weighted by molar-refractivity contribution is 0.0924.